The zero-order chi connectivity index (χ0) is 18.4. The van der Waals surface area contributed by atoms with Gasteiger partial charge in [-0.1, -0.05) is 31.2 Å². The maximum Gasteiger partial charge on any atom is 0.338 e. The molecule has 0 saturated carbocycles. The van der Waals surface area contributed by atoms with Gasteiger partial charge in [0.2, 0.25) is 10.0 Å². The average molecular weight is 361 g/mol. The van der Waals surface area contributed by atoms with Gasteiger partial charge in [0.25, 0.3) is 0 Å². The molecule has 2 aromatic carbocycles. The third-order valence-corrected chi connectivity index (χ3v) is 5.12. The minimum atomic E-state index is -3.56. The van der Waals surface area contributed by atoms with Crippen molar-refractivity contribution in [3.8, 4) is 0 Å². The van der Waals surface area contributed by atoms with Crippen molar-refractivity contribution < 1.29 is 22.7 Å². The second kappa shape index (κ2) is 8.04. The molecule has 7 heteroatoms. The third-order valence-electron chi connectivity index (χ3n) is 3.69. The Morgan fingerprint density at radius 2 is 1.52 bits per heavy atom. The number of ether oxygens (including phenoxy) is 1. The van der Waals surface area contributed by atoms with E-state index in [2.05, 4.69) is 4.72 Å². The molecule has 0 bridgehead atoms. The lowest BCUT2D eigenvalue weighted by Crippen LogP contribution is -2.19. The van der Waals surface area contributed by atoms with Crippen LogP contribution in [0.1, 0.15) is 33.2 Å². The maximum absolute atomic E-state index is 12.0. The maximum atomic E-state index is 12.0. The van der Waals surface area contributed by atoms with Crippen molar-refractivity contribution in [1.82, 2.24) is 4.72 Å². The number of Topliss-reactive ketones (excluding diaryl/α,β-unsaturated/α-hetero) is 1. The quantitative estimate of drug-likeness (QED) is 0.603. The van der Waals surface area contributed by atoms with Crippen molar-refractivity contribution >= 4 is 21.8 Å². The molecule has 0 aliphatic carbocycles. The van der Waals surface area contributed by atoms with Crippen LogP contribution >= 0.6 is 0 Å². The van der Waals surface area contributed by atoms with E-state index in [1.165, 1.54) is 31.3 Å². The Morgan fingerprint density at radius 3 is 2.04 bits per heavy atom. The predicted molar refractivity (Wildman–Crippen MR) is 93.1 cm³/mol. The van der Waals surface area contributed by atoms with Crippen molar-refractivity contribution in [2.45, 2.75) is 18.2 Å². The molecule has 0 heterocycles. The molecule has 2 aromatic rings. The smallest absolute Gasteiger partial charge is 0.338 e. The molecule has 132 valence electrons. The number of carbonyl (C=O) groups excluding carboxylic acids is 2. The first-order valence-corrected chi connectivity index (χ1v) is 9.18. The summed E-state index contributed by atoms with van der Waals surface area (Å²) >= 11 is 0. The number of benzene rings is 2. The number of carbonyl (C=O) groups is 2. The van der Waals surface area contributed by atoms with Crippen molar-refractivity contribution in [3.63, 3.8) is 0 Å². The summed E-state index contributed by atoms with van der Waals surface area (Å²) in [6.45, 7) is 1.65. The summed E-state index contributed by atoms with van der Waals surface area (Å²) in [5.74, 6) is -0.989. The minimum absolute atomic E-state index is 0.0404. The predicted octanol–water partition coefficient (Wildman–Crippen LogP) is 2.20. The van der Waals surface area contributed by atoms with Gasteiger partial charge in [-0.25, -0.2) is 17.9 Å². The lowest BCUT2D eigenvalue weighted by molar-refractivity contribution is 0.0474. The first kappa shape index (κ1) is 18.8. The molecule has 0 aliphatic rings. The van der Waals surface area contributed by atoms with Gasteiger partial charge in [-0.05, 0) is 43.3 Å². The number of nitrogens with one attached hydrogen (secondary N) is 1. The lowest BCUT2D eigenvalue weighted by Gasteiger charge is -2.06. The first-order chi connectivity index (χ1) is 11.9. The van der Waals surface area contributed by atoms with E-state index in [1.54, 1.807) is 12.1 Å². The molecule has 0 radical (unpaired) electrons. The lowest BCUT2D eigenvalue weighted by atomic mass is 10.1. The highest BCUT2D eigenvalue weighted by Crippen LogP contribution is 2.12. The summed E-state index contributed by atoms with van der Waals surface area (Å²) in [4.78, 5) is 24.1. The van der Waals surface area contributed by atoms with Gasteiger partial charge in [-0.3, -0.25) is 4.79 Å². The summed E-state index contributed by atoms with van der Waals surface area (Å²) < 4.78 is 30.4. The highest BCUT2D eigenvalue weighted by Gasteiger charge is 2.15. The van der Waals surface area contributed by atoms with Crippen molar-refractivity contribution in [3.05, 3.63) is 65.2 Å². The van der Waals surface area contributed by atoms with Gasteiger partial charge in [-0.15, -0.1) is 0 Å². The molecule has 1 N–H and O–H groups in total. The summed E-state index contributed by atoms with van der Waals surface area (Å²) in [7, 11) is -2.26. The molecule has 0 unspecified atom stereocenters. The molecule has 0 saturated heterocycles. The fraction of sp³-hybridized carbons (Fsp3) is 0.222. The van der Waals surface area contributed by atoms with Crippen molar-refractivity contribution in [1.29, 1.82) is 0 Å². The van der Waals surface area contributed by atoms with E-state index in [4.69, 9.17) is 4.74 Å². The Labute approximate surface area is 146 Å². The standard InChI is InChI=1S/C18H19NO5S/c1-3-13-4-6-14(7-5-13)17(20)12-24-18(21)15-8-10-16(11-9-15)25(22,23)19-2/h4-11,19H,3,12H2,1-2H3. The summed E-state index contributed by atoms with van der Waals surface area (Å²) in [6, 6.07) is 12.4. The molecule has 0 atom stereocenters. The monoisotopic (exact) mass is 361 g/mol. The highest BCUT2D eigenvalue weighted by atomic mass is 32.2. The number of hydrogen-bond acceptors (Lipinski definition) is 5. The van der Waals surface area contributed by atoms with Gasteiger partial charge in [0.05, 0.1) is 10.5 Å². The van der Waals surface area contributed by atoms with Gasteiger partial charge in [0.15, 0.2) is 12.4 Å². The number of esters is 1. The van der Waals surface area contributed by atoms with E-state index in [0.29, 0.717) is 5.56 Å². The average Bonchev–Trinajstić information content (AvgIpc) is 2.66. The van der Waals surface area contributed by atoms with Crippen molar-refractivity contribution in [2.75, 3.05) is 13.7 Å². The SMILES string of the molecule is CCc1ccc(C(=O)COC(=O)c2ccc(S(=O)(=O)NC)cc2)cc1. The van der Waals surface area contributed by atoms with Crippen LogP contribution < -0.4 is 4.72 Å². The minimum Gasteiger partial charge on any atom is -0.454 e. The van der Waals surface area contributed by atoms with E-state index >= 15 is 0 Å². The van der Waals surface area contributed by atoms with Gasteiger partial charge in [-0.2, -0.15) is 0 Å². The zero-order valence-electron chi connectivity index (χ0n) is 14.0. The van der Waals surface area contributed by atoms with Crippen LogP contribution in [0.4, 0.5) is 0 Å². The molecule has 0 spiro atoms. The summed E-state index contributed by atoms with van der Waals surface area (Å²) in [5, 5.41) is 0. The Balaban J connectivity index is 1.98. The Hall–Kier alpha value is -2.51. The molecule has 0 amide bonds. The number of sulfonamides is 1. The van der Waals surface area contributed by atoms with E-state index in [-0.39, 0.29) is 22.8 Å². The fourth-order valence-electron chi connectivity index (χ4n) is 2.11. The molecule has 2 rings (SSSR count). The molecular formula is C18H19NO5S. The van der Waals surface area contributed by atoms with Gasteiger partial charge in [0, 0.05) is 5.56 Å². The van der Waals surface area contributed by atoms with E-state index in [1.807, 2.05) is 19.1 Å². The van der Waals surface area contributed by atoms with Crippen LogP contribution in [-0.4, -0.2) is 33.8 Å². The second-order valence-electron chi connectivity index (χ2n) is 5.28. The number of ketones is 1. The first-order valence-electron chi connectivity index (χ1n) is 7.70. The third kappa shape index (κ3) is 4.74. The normalized spacial score (nSPS) is 11.1. The fourth-order valence-corrected chi connectivity index (χ4v) is 2.84. The van der Waals surface area contributed by atoms with E-state index < -0.39 is 16.0 Å². The largest absolute Gasteiger partial charge is 0.454 e. The molecule has 0 aliphatic heterocycles. The molecule has 6 nitrogen and oxygen atoms in total. The summed E-state index contributed by atoms with van der Waals surface area (Å²) in [5.41, 5.74) is 1.76. The van der Waals surface area contributed by atoms with Gasteiger partial charge >= 0.3 is 5.97 Å². The van der Waals surface area contributed by atoms with E-state index in [0.717, 1.165) is 12.0 Å². The highest BCUT2D eigenvalue weighted by molar-refractivity contribution is 7.89. The second-order valence-corrected chi connectivity index (χ2v) is 7.17. The van der Waals surface area contributed by atoms with Crippen LogP contribution in [0.25, 0.3) is 0 Å². The van der Waals surface area contributed by atoms with Crippen LogP contribution in [0.2, 0.25) is 0 Å². The Bertz CT molecular complexity index is 855. The van der Waals surface area contributed by atoms with Crippen LogP contribution in [0.3, 0.4) is 0 Å². The Morgan fingerprint density at radius 1 is 0.960 bits per heavy atom. The number of rotatable bonds is 7. The topological polar surface area (TPSA) is 89.5 Å². The van der Waals surface area contributed by atoms with Crippen LogP contribution in [-0.2, 0) is 21.2 Å². The van der Waals surface area contributed by atoms with Crippen molar-refractivity contribution in [2.24, 2.45) is 0 Å². The van der Waals surface area contributed by atoms with Gasteiger partial charge < -0.3 is 4.74 Å². The van der Waals surface area contributed by atoms with E-state index in [9.17, 15) is 18.0 Å². The van der Waals surface area contributed by atoms with Crippen LogP contribution in [0, 0.1) is 0 Å². The number of hydrogen-bond donors (Lipinski definition) is 1. The van der Waals surface area contributed by atoms with Gasteiger partial charge in [0.1, 0.15) is 0 Å². The van der Waals surface area contributed by atoms with Crippen LogP contribution in [0.15, 0.2) is 53.4 Å². The van der Waals surface area contributed by atoms with Crippen LogP contribution in [0.5, 0.6) is 0 Å². The molecule has 0 fully saturated rings. The molecule has 0 aromatic heterocycles. The molecule has 25 heavy (non-hydrogen) atoms. The number of aryl methyl sites for hydroxylation is 1. The molecular weight excluding hydrogens is 342 g/mol. The Kier molecular flexibility index (Phi) is 6.06. The summed E-state index contributed by atoms with van der Waals surface area (Å²) in [6.07, 6.45) is 0.878. The zero-order valence-corrected chi connectivity index (χ0v) is 14.8.